The molecule has 3 rings (SSSR count). The van der Waals surface area contributed by atoms with E-state index in [0.717, 1.165) is 0 Å². The summed E-state index contributed by atoms with van der Waals surface area (Å²) >= 11 is 0. The highest BCUT2D eigenvalue weighted by Crippen LogP contribution is 2.31. The summed E-state index contributed by atoms with van der Waals surface area (Å²) in [6, 6.07) is 10.6. The zero-order valence-corrected chi connectivity index (χ0v) is 9.99. The molecule has 0 atom stereocenters. The summed E-state index contributed by atoms with van der Waals surface area (Å²) in [5, 5.41) is 1.27. The summed E-state index contributed by atoms with van der Waals surface area (Å²) < 4.78 is 0. The lowest BCUT2D eigenvalue weighted by Crippen LogP contribution is -1.80. The number of aromatic amines is 1. The molecule has 17 heavy (non-hydrogen) atoms. The number of hydrogen-bond acceptors (Lipinski definition) is 1. The number of aromatic nitrogens is 2. The fourth-order valence-corrected chi connectivity index (χ4v) is 2.32. The molecule has 84 valence electrons. The molecule has 1 N–H and O–H groups in total. The second kappa shape index (κ2) is 3.74. The van der Waals surface area contributed by atoms with Gasteiger partial charge in [0, 0.05) is 40.1 Å². The minimum atomic E-state index is 1.17. The molecule has 2 heterocycles. The smallest absolute Gasteiger partial charge is 0.0462 e. The van der Waals surface area contributed by atoms with Crippen LogP contribution in [0.3, 0.4) is 0 Å². The van der Waals surface area contributed by atoms with Crippen LogP contribution in [-0.2, 0) is 0 Å². The van der Waals surface area contributed by atoms with Crippen LogP contribution in [0, 0.1) is 13.8 Å². The third-order valence-electron chi connectivity index (χ3n) is 3.09. The second-order valence-electron chi connectivity index (χ2n) is 4.42. The molecule has 0 aliphatic heterocycles. The third kappa shape index (κ3) is 1.62. The highest BCUT2D eigenvalue weighted by molar-refractivity contribution is 5.97. The lowest BCUT2D eigenvalue weighted by molar-refractivity contribution is 1.28. The third-order valence-corrected chi connectivity index (χ3v) is 3.09. The van der Waals surface area contributed by atoms with Crippen molar-refractivity contribution in [3.63, 3.8) is 0 Å². The Morgan fingerprint density at radius 1 is 1.12 bits per heavy atom. The maximum atomic E-state index is 4.20. The van der Waals surface area contributed by atoms with Crippen molar-refractivity contribution in [3.05, 3.63) is 54.0 Å². The Balaban J connectivity index is 2.35. The van der Waals surface area contributed by atoms with E-state index in [2.05, 4.69) is 48.1 Å². The molecular formula is C15H14N2. The number of benzene rings is 1. The molecule has 0 unspecified atom stereocenters. The topological polar surface area (TPSA) is 28.7 Å². The molecule has 0 aliphatic rings. The number of rotatable bonds is 1. The first-order valence-corrected chi connectivity index (χ1v) is 5.75. The molecule has 2 heteroatoms. The van der Waals surface area contributed by atoms with Gasteiger partial charge in [0.15, 0.2) is 0 Å². The molecule has 2 aromatic heterocycles. The van der Waals surface area contributed by atoms with Crippen molar-refractivity contribution >= 4 is 10.9 Å². The summed E-state index contributed by atoms with van der Waals surface area (Å²) in [5.74, 6) is 0. The van der Waals surface area contributed by atoms with Crippen LogP contribution in [0.2, 0.25) is 0 Å². The van der Waals surface area contributed by atoms with Gasteiger partial charge in [-0.3, -0.25) is 4.98 Å². The molecule has 1 aromatic carbocycles. The van der Waals surface area contributed by atoms with Crippen LogP contribution in [-0.4, -0.2) is 9.97 Å². The Morgan fingerprint density at radius 3 is 2.76 bits per heavy atom. The molecule has 0 amide bonds. The van der Waals surface area contributed by atoms with Crippen molar-refractivity contribution in [2.24, 2.45) is 0 Å². The Morgan fingerprint density at radius 2 is 2.00 bits per heavy atom. The maximum absolute atomic E-state index is 4.20. The summed E-state index contributed by atoms with van der Waals surface area (Å²) in [6.07, 6.45) is 3.72. The predicted octanol–water partition coefficient (Wildman–Crippen LogP) is 3.85. The van der Waals surface area contributed by atoms with Crippen LogP contribution in [0.5, 0.6) is 0 Å². The van der Waals surface area contributed by atoms with Gasteiger partial charge in [0.05, 0.1) is 0 Å². The van der Waals surface area contributed by atoms with Gasteiger partial charge in [-0.05, 0) is 32.0 Å². The number of H-pyrrole nitrogens is 1. The van der Waals surface area contributed by atoms with Crippen LogP contribution in [0.15, 0.2) is 42.7 Å². The normalized spacial score (nSPS) is 10.9. The van der Waals surface area contributed by atoms with E-state index in [9.17, 15) is 0 Å². The molecule has 3 aromatic rings. The Hall–Kier alpha value is -2.09. The van der Waals surface area contributed by atoms with Crippen molar-refractivity contribution in [2.45, 2.75) is 13.8 Å². The Bertz CT molecular complexity index is 666. The largest absolute Gasteiger partial charge is 0.358 e. The zero-order valence-electron chi connectivity index (χ0n) is 9.99. The molecule has 0 bridgehead atoms. The second-order valence-corrected chi connectivity index (χ2v) is 4.42. The molecule has 2 nitrogen and oxygen atoms in total. The van der Waals surface area contributed by atoms with Gasteiger partial charge in [0.1, 0.15) is 0 Å². The van der Waals surface area contributed by atoms with E-state index in [1.165, 1.54) is 33.3 Å². The highest BCUT2D eigenvalue weighted by atomic mass is 14.7. The van der Waals surface area contributed by atoms with E-state index < -0.39 is 0 Å². The SMILES string of the molecule is Cc1ccc2[nH]c(C)c(-c3cccnc3)c2c1. The average Bonchev–Trinajstić information content (AvgIpc) is 2.65. The quantitative estimate of drug-likeness (QED) is 0.665. The van der Waals surface area contributed by atoms with Crippen molar-refractivity contribution < 1.29 is 0 Å². The van der Waals surface area contributed by atoms with E-state index in [4.69, 9.17) is 0 Å². The minimum Gasteiger partial charge on any atom is -0.358 e. The van der Waals surface area contributed by atoms with Crippen molar-refractivity contribution in [3.8, 4) is 11.1 Å². The van der Waals surface area contributed by atoms with Crippen molar-refractivity contribution in [2.75, 3.05) is 0 Å². The summed E-state index contributed by atoms with van der Waals surface area (Å²) in [6.45, 7) is 4.23. The van der Waals surface area contributed by atoms with Crippen LogP contribution in [0.4, 0.5) is 0 Å². The Labute approximate surface area is 100 Å². The van der Waals surface area contributed by atoms with E-state index >= 15 is 0 Å². The monoisotopic (exact) mass is 222 g/mol. The first-order chi connectivity index (χ1) is 8.25. The van der Waals surface area contributed by atoms with Crippen LogP contribution in [0.25, 0.3) is 22.0 Å². The van der Waals surface area contributed by atoms with E-state index in [1.807, 2.05) is 12.3 Å². The van der Waals surface area contributed by atoms with Gasteiger partial charge in [-0.15, -0.1) is 0 Å². The lowest BCUT2D eigenvalue weighted by Gasteiger charge is -2.01. The number of aryl methyl sites for hydroxylation is 2. The average molecular weight is 222 g/mol. The Kier molecular flexibility index (Phi) is 2.22. The minimum absolute atomic E-state index is 1.17. The van der Waals surface area contributed by atoms with Gasteiger partial charge in [0.25, 0.3) is 0 Å². The molecule has 0 saturated carbocycles. The van der Waals surface area contributed by atoms with Gasteiger partial charge >= 0.3 is 0 Å². The molecule has 0 saturated heterocycles. The number of pyridine rings is 1. The number of hydrogen-bond donors (Lipinski definition) is 1. The van der Waals surface area contributed by atoms with Gasteiger partial charge in [-0.2, -0.15) is 0 Å². The molecule has 0 fully saturated rings. The predicted molar refractivity (Wildman–Crippen MR) is 71.0 cm³/mol. The lowest BCUT2D eigenvalue weighted by atomic mass is 10.0. The van der Waals surface area contributed by atoms with Crippen molar-refractivity contribution in [1.82, 2.24) is 9.97 Å². The fourth-order valence-electron chi connectivity index (χ4n) is 2.32. The maximum Gasteiger partial charge on any atom is 0.0462 e. The molecule has 0 radical (unpaired) electrons. The van der Waals surface area contributed by atoms with Crippen LogP contribution in [0.1, 0.15) is 11.3 Å². The van der Waals surface area contributed by atoms with Crippen LogP contribution >= 0.6 is 0 Å². The molecular weight excluding hydrogens is 208 g/mol. The van der Waals surface area contributed by atoms with Gasteiger partial charge in [-0.25, -0.2) is 0 Å². The number of fused-ring (bicyclic) bond motifs is 1. The highest BCUT2D eigenvalue weighted by Gasteiger charge is 2.10. The first kappa shape index (κ1) is 10.1. The summed E-state index contributed by atoms with van der Waals surface area (Å²) in [7, 11) is 0. The summed E-state index contributed by atoms with van der Waals surface area (Å²) in [5.41, 5.74) is 6.09. The van der Waals surface area contributed by atoms with E-state index in [0.29, 0.717) is 0 Å². The first-order valence-electron chi connectivity index (χ1n) is 5.75. The standard InChI is InChI=1S/C15H14N2/c1-10-5-6-14-13(8-10)15(11(2)17-14)12-4-3-7-16-9-12/h3-9,17H,1-2H3. The fraction of sp³-hybridized carbons (Fsp3) is 0.133. The number of nitrogens with one attached hydrogen (secondary N) is 1. The summed E-state index contributed by atoms with van der Waals surface area (Å²) in [4.78, 5) is 7.62. The molecule has 0 aliphatic carbocycles. The number of nitrogens with zero attached hydrogens (tertiary/aromatic N) is 1. The van der Waals surface area contributed by atoms with E-state index in [1.54, 1.807) is 6.20 Å². The van der Waals surface area contributed by atoms with Gasteiger partial charge in [0.2, 0.25) is 0 Å². The van der Waals surface area contributed by atoms with Gasteiger partial charge < -0.3 is 4.98 Å². The van der Waals surface area contributed by atoms with Crippen molar-refractivity contribution in [1.29, 1.82) is 0 Å². The zero-order chi connectivity index (χ0) is 11.8. The molecule has 0 spiro atoms. The van der Waals surface area contributed by atoms with E-state index in [-0.39, 0.29) is 0 Å². The van der Waals surface area contributed by atoms with Crippen LogP contribution < -0.4 is 0 Å². The van der Waals surface area contributed by atoms with Gasteiger partial charge in [-0.1, -0.05) is 17.7 Å².